The molecule has 4 heteroatoms. The van der Waals surface area contributed by atoms with Crippen LogP contribution in [0.25, 0.3) is 0 Å². The minimum Gasteiger partial charge on any atom is -0.379 e. The molecule has 0 aromatic carbocycles. The molecule has 1 heterocycles. The summed E-state index contributed by atoms with van der Waals surface area (Å²) in [6, 6.07) is 4.22. The highest BCUT2D eigenvalue weighted by atomic mass is 32.1. The largest absolute Gasteiger partial charge is 0.379 e. The number of likely N-dealkylation sites (N-methyl/N-ethyl adjacent to an activating group) is 1. The molecule has 0 aliphatic heterocycles. The van der Waals surface area contributed by atoms with Gasteiger partial charge in [-0.3, -0.25) is 0 Å². The van der Waals surface area contributed by atoms with E-state index in [9.17, 15) is 0 Å². The number of rotatable bonds is 8. The Balaban J connectivity index is 1.85. The summed E-state index contributed by atoms with van der Waals surface area (Å²) in [5, 5.41) is 5.45. The summed E-state index contributed by atoms with van der Waals surface area (Å²) in [4.78, 5) is 3.50. The van der Waals surface area contributed by atoms with Gasteiger partial charge in [-0.2, -0.15) is 0 Å². The molecule has 0 amide bonds. The van der Waals surface area contributed by atoms with Crippen LogP contribution >= 0.6 is 11.3 Å². The van der Waals surface area contributed by atoms with E-state index in [1.54, 1.807) is 11.3 Å². The molecule has 1 aromatic rings. The molecular formula is C11H20N2OS. The van der Waals surface area contributed by atoms with Gasteiger partial charge in [0.1, 0.15) is 0 Å². The van der Waals surface area contributed by atoms with Gasteiger partial charge in [0.2, 0.25) is 0 Å². The van der Waals surface area contributed by atoms with E-state index in [1.807, 2.05) is 0 Å². The van der Waals surface area contributed by atoms with E-state index in [4.69, 9.17) is 4.74 Å². The van der Waals surface area contributed by atoms with Crippen molar-refractivity contribution in [2.75, 3.05) is 40.4 Å². The number of thiophene rings is 1. The smallest absolute Gasteiger partial charge is 0.0593 e. The zero-order valence-electron chi connectivity index (χ0n) is 9.53. The van der Waals surface area contributed by atoms with Gasteiger partial charge in [-0.15, -0.1) is 11.3 Å². The summed E-state index contributed by atoms with van der Waals surface area (Å²) in [6.07, 6.45) is 0. The van der Waals surface area contributed by atoms with Gasteiger partial charge in [-0.25, -0.2) is 0 Å². The fourth-order valence-electron chi connectivity index (χ4n) is 1.12. The molecule has 0 saturated heterocycles. The standard InChI is InChI=1S/C11H20N2OS/c1-13(2)6-8-14-7-5-12-10-11-4-3-9-15-11/h3-4,9,12H,5-8,10H2,1-2H3. The maximum Gasteiger partial charge on any atom is 0.0593 e. The van der Waals surface area contributed by atoms with Gasteiger partial charge < -0.3 is 15.0 Å². The third-order valence-corrected chi connectivity index (χ3v) is 2.86. The highest BCUT2D eigenvalue weighted by molar-refractivity contribution is 7.09. The summed E-state index contributed by atoms with van der Waals surface area (Å²) in [5.74, 6) is 0. The molecule has 0 spiro atoms. The molecule has 15 heavy (non-hydrogen) atoms. The van der Waals surface area contributed by atoms with E-state index in [2.05, 4.69) is 41.8 Å². The van der Waals surface area contributed by atoms with Gasteiger partial charge in [0.05, 0.1) is 13.2 Å². The van der Waals surface area contributed by atoms with Crippen molar-refractivity contribution in [2.45, 2.75) is 6.54 Å². The van der Waals surface area contributed by atoms with Crippen LogP contribution in [0.5, 0.6) is 0 Å². The van der Waals surface area contributed by atoms with Crippen LogP contribution in [0.3, 0.4) is 0 Å². The third kappa shape index (κ3) is 6.62. The van der Waals surface area contributed by atoms with Gasteiger partial charge in [-0.05, 0) is 25.5 Å². The molecule has 0 bridgehead atoms. The van der Waals surface area contributed by atoms with Crippen molar-refractivity contribution in [3.63, 3.8) is 0 Å². The topological polar surface area (TPSA) is 24.5 Å². The van der Waals surface area contributed by atoms with Crippen LogP contribution < -0.4 is 5.32 Å². The fraction of sp³-hybridized carbons (Fsp3) is 0.636. The number of ether oxygens (including phenoxy) is 1. The van der Waals surface area contributed by atoms with E-state index < -0.39 is 0 Å². The Morgan fingerprint density at radius 3 is 2.93 bits per heavy atom. The zero-order valence-corrected chi connectivity index (χ0v) is 10.3. The Labute approximate surface area is 96.0 Å². The molecule has 3 nitrogen and oxygen atoms in total. The van der Waals surface area contributed by atoms with E-state index in [1.165, 1.54) is 4.88 Å². The van der Waals surface area contributed by atoms with Crippen molar-refractivity contribution in [1.82, 2.24) is 10.2 Å². The molecule has 0 unspecified atom stereocenters. The van der Waals surface area contributed by atoms with E-state index in [0.717, 1.165) is 32.8 Å². The molecule has 1 rings (SSSR count). The minimum atomic E-state index is 0.791. The Hall–Kier alpha value is -0.420. The molecule has 0 radical (unpaired) electrons. The second-order valence-electron chi connectivity index (χ2n) is 3.67. The van der Waals surface area contributed by atoms with Crippen LogP contribution in [0.15, 0.2) is 17.5 Å². The second kappa shape index (κ2) is 7.82. The van der Waals surface area contributed by atoms with E-state index in [0.29, 0.717) is 0 Å². The molecule has 1 aromatic heterocycles. The van der Waals surface area contributed by atoms with Gasteiger partial charge in [0, 0.05) is 24.5 Å². The predicted octanol–water partition coefficient (Wildman–Crippen LogP) is 1.42. The molecular weight excluding hydrogens is 208 g/mol. The van der Waals surface area contributed by atoms with Crippen molar-refractivity contribution in [3.8, 4) is 0 Å². The first-order chi connectivity index (χ1) is 7.29. The Morgan fingerprint density at radius 1 is 1.40 bits per heavy atom. The number of hydrogen-bond donors (Lipinski definition) is 1. The zero-order chi connectivity index (χ0) is 10.9. The summed E-state index contributed by atoms with van der Waals surface area (Å²) in [6.45, 7) is 4.47. The molecule has 1 N–H and O–H groups in total. The lowest BCUT2D eigenvalue weighted by Gasteiger charge is -2.09. The lowest BCUT2D eigenvalue weighted by molar-refractivity contribution is 0.119. The SMILES string of the molecule is CN(C)CCOCCNCc1cccs1. The van der Waals surface area contributed by atoms with Crippen LogP contribution in [-0.4, -0.2) is 45.3 Å². The van der Waals surface area contributed by atoms with Gasteiger partial charge in [-0.1, -0.05) is 6.07 Å². The number of nitrogens with one attached hydrogen (secondary N) is 1. The number of hydrogen-bond acceptors (Lipinski definition) is 4. The first-order valence-corrected chi connectivity index (χ1v) is 6.12. The molecule has 0 aliphatic rings. The van der Waals surface area contributed by atoms with Crippen molar-refractivity contribution in [2.24, 2.45) is 0 Å². The van der Waals surface area contributed by atoms with Crippen molar-refractivity contribution >= 4 is 11.3 Å². The lowest BCUT2D eigenvalue weighted by Crippen LogP contribution is -2.22. The van der Waals surface area contributed by atoms with E-state index >= 15 is 0 Å². The Kier molecular flexibility index (Phi) is 6.59. The monoisotopic (exact) mass is 228 g/mol. The van der Waals surface area contributed by atoms with Crippen molar-refractivity contribution in [1.29, 1.82) is 0 Å². The summed E-state index contributed by atoms with van der Waals surface area (Å²) in [7, 11) is 4.11. The highest BCUT2D eigenvalue weighted by Crippen LogP contribution is 2.06. The molecule has 0 fully saturated rings. The van der Waals surface area contributed by atoms with Crippen LogP contribution in [0.1, 0.15) is 4.88 Å². The van der Waals surface area contributed by atoms with Crippen LogP contribution in [0.4, 0.5) is 0 Å². The quantitative estimate of drug-likeness (QED) is 0.681. The lowest BCUT2D eigenvalue weighted by atomic mass is 10.4. The van der Waals surface area contributed by atoms with Crippen molar-refractivity contribution in [3.05, 3.63) is 22.4 Å². The van der Waals surface area contributed by atoms with Crippen molar-refractivity contribution < 1.29 is 4.74 Å². The summed E-state index contributed by atoms with van der Waals surface area (Å²) in [5.41, 5.74) is 0. The molecule has 0 atom stereocenters. The Bertz CT molecular complexity index is 237. The molecule has 0 aliphatic carbocycles. The maximum absolute atomic E-state index is 5.46. The van der Waals surface area contributed by atoms with E-state index in [-0.39, 0.29) is 0 Å². The third-order valence-electron chi connectivity index (χ3n) is 1.99. The van der Waals surface area contributed by atoms with Crippen LogP contribution in [0, 0.1) is 0 Å². The fourth-order valence-corrected chi connectivity index (χ4v) is 1.79. The van der Waals surface area contributed by atoms with Gasteiger partial charge in [0.25, 0.3) is 0 Å². The first kappa shape index (κ1) is 12.6. The minimum absolute atomic E-state index is 0.791. The average molecular weight is 228 g/mol. The first-order valence-electron chi connectivity index (χ1n) is 5.24. The molecule has 86 valence electrons. The highest BCUT2D eigenvalue weighted by Gasteiger charge is 1.93. The Morgan fingerprint density at radius 2 is 2.27 bits per heavy atom. The van der Waals surface area contributed by atoms with Crippen LogP contribution in [0.2, 0.25) is 0 Å². The van der Waals surface area contributed by atoms with Gasteiger partial charge in [0.15, 0.2) is 0 Å². The average Bonchev–Trinajstić information content (AvgIpc) is 2.68. The normalized spacial score (nSPS) is 11.1. The second-order valence-corrected chi connectivity index (χ2v) is 4.70. The number of nitrogens with zero attached hydrogens (tertiary/aromatic N) is 1. The molecule has 0 saturated carbocycles. The summed E-state index contributed by atoms with van der Waals surface area (Å²) < 4.78 is 5.46. The summed E-state index contributed by atoms with van der Waals surface area (Å²) >= 11 is 1.79. The van der Waals surface area contributed by atoms with Crippen LogP contribution in [-0.2, 0) is 11.3 Å². The van der Waals surface area contributed by atoms with Gasteiger partial charge >= 0.3 is 0 Å². The predicted molar refractivity (Wildman–Crippen MR) is 65.4 cm³/mol. The maximum atomic E-state index is 5.46.